The number of hydrogen-bond donors (Lipinski definition) is 0. The maximum absolute atomic E-state index is 4.45. The van der Waals surface area contributed by atoms with E-state index in [0.717, 1.165) is 41.2 Å². The molecule has 0 bridgehead atoms. The molecule has 1 aliphatic rings. The van der Waals surface area contributed by atoms with E-state index in [4.69, 9.17) is 0 Å². The van der Waals surface area contributed by atoms with Crippen LogP contribution in [0.25, 0.3) is 11.0 Å². The van der Waals surface area contributed by atoms with E-state index in [9.17, 15) is 0 Å². The molecule has 1 aliphatic heterocycles. The standard InChI is InChI=1S/C12H16BrN5/c1-17-11-10(6-16-17)12(15-8-14-11)18-5-3-9(7-18)2-4-13/h6,8-9H,2-5,7H2,1H3. The molecule has 5 nitrogen and oxygen atoms in total. The van der Waals surface area contributed by atoms with Crippen LogP contribution in [0.3, 0.4) is 0 Å². The number of aryl methyl sites for hydroxylation is 1. The molecule has 2 aromatic rings. The summed E-state index contributed by atoms with van der Waals surface area (Å²) in [6.07, 6.45) is 5.98. The van der Waals surface area contributed by atoms with Crippen LogP contribution in [0, 0.1) is 5.92 Å². The van der Waals surface area contributed by atoms with Gasteiger partial charge in [0.05, 0.1) is 11.6 Å². The predicted molar refractivity (Wildman–Crippen MR) is 75.0 cm³/mol. The van der Waals surface area contributed by atoms with Gasteiger partial charge in [-0.25, -0.2) is 9.97 Å². The van der Waals surface area contributed by atoms with Crippen molar-refractivity contribution in [3.05, 3.63) is 12.5 Å². The minimum Gasteiger partial charge on any atom is -0.356 e. The summed E-state index contributed by atoms with van der Waals surface area (Å²) in [6, 6.07) is 0. The van der Waals surface area contributed by atoms with Crippen LogP contribution >= 0.6 is 15.9 Å². The van der Waals surface area contributed by atoms with E-state index in [2.05, 4.69) is 35.9 Å². The summed E-state index contributed by atoms with van der Waals surface area (Å²) in [6.45, 7) is 2.17. The third kappa shape index (κ3) is 1.98. The van der Waals surface area contributed by atoms with Gasteiger partial charge < -0.3 is 4.90 Å². The number of fused-ring (bicyclic) bond motifs is 1. The molecule has 96 valence electrons. The Morgan fingerprint density at radius 1 is 1.44 bits per heavy atom. The highest BCUT2D eigenvalue weighted by molar-refractivity contribution is 9.09. The first kappa shape index (κ1) is 11.9. The zero-order valence-electron chi connectivity index (χ0n) is 10.4. The molecule has 3 rings (SSSR count). The molecule has 0 aromatic carbocycles. The average Bonchev–Trinajstić information content (AvgIpc) is 2.98. The fraction of sp³-hybridized carbons (Fsp3) is 0.583. The third-order valence-electron chi connectivity index (χ3n) is 3.61. The number of aromatic nitrogens is 4. The van der Waals surface area contributed by atoms with E-state index >= 15 is 0 Å². The van der Waals surface area contributed by atoms with Crippen LogP contribution in [-0.4, -0.2) is 38.2 Å². The van der Waals surface area contributed by atoms with Crippen molar-refractivity contribution in [2.24, 2.45) is 13.0 Å². The van der Waals surface area contributed by atoms with Gasteiger partial charge >= 0.3 is 0 Å². The molecule has 1 atom stereocenters. The first-order valence-corrected chi connectivity index (χ1v) is 7.35. The van der Waals surface area contributed by atoms with Crippen LogP contribution < -0.4 is 4.90 Å². The zero-order chi connectivity index (χ0) is 12.5. The molecule has 0 amide bonds. The van der Waals surface area contributed by atoms with Crippen LogP contribution in [0.5, 0.6) is 0 Å². The number of alkyl halides is 1. The Hall–Kier alpha value is -1.17. The minimum atomic E-state index is 0.770. The average molecular weight is 310 g/mol. The Labute approximate surface area is 114 Å². The molecule has 18 heavy (non-hydrogen) atoms. The highest BCUT2D eigenvalue weighted by atomic mass is 79.9. The summed E-state index contributed by atoms with van der Waals surface area (Å²) < 4.78 is 1.80. The van der Waals surface area contributed by atoms with Crippen LogP contribution in [0.1, 0.15) is 12.8 Å². The predicted octanol–water partition coefficient (Wildman–Crippen LogP) is 1.97. The second-order valence-corrected chi connectivity index (χ2v) is 5.57. The van der Waals surface area contributed by atoms with Gasteiger partial charge in [0.2, 0.25) is 0 Å². The lowest BCUT2D eigenvalue weighted by Crippen LogP contribution is -2.21. The summed E-state index contributed by atoms with van der Waals surface area (Å²) in [7, 11) is 1.91. The van der Waals surface area contributed by atoms with Crippen LogP contribution in [0.4, 0.5) is 5.82 Å². The first-order chi connectivity index (χ1) is 8.79. The maximum Gasteiger partial charge on any atom is 0.163 e. The van der Waals surface area contributed by atoms with Gasteiger partial charge in [-0.15, -0.1) is 0 Å². The summed E-state index contributed by atoms with van der Waals surface area (Å²) in [5.74, 6) is 1.80. The molecular weight excluding hydrogens is 294 g/mol. The Balaban J connectivity index is 1.91. The third-order valence-corrected chi connectivity index (χ3v) is 4.07. The van der Waals surface area contributed by atoms with E-state index in [1.807, 2.05) is 13.2 Å². The van der Waals surface area contributed by atoms with E-state index < -0.39 is 0 Å². The number of halogens is 1. The molecule has 6 heteroatoms. The topological polar surface area (TPSA) is 46.8 Å². The van der Waals surface area contributed by atoms with Crippen molar-refractivity contribution in [1.82, 2.24) is 19.7 Å². The van der Waals surface area contributed by atoms with Crippen molar-refractivity contribution < 1.29 is 0 Å². The molecule has 0 aliphatic carbocycles. The molecule has 0 saturated carbocycles. The second-order valence-electron chi connectivity index (χ2n) is 4.78. The first-order valence-electron chi connectivity index (χ1n) is 6.23. The van der Waals surface area contributed by atoms with Gasteiger partial charge in [0.25, 0.3) is 0 Å². The quantitative estimate of drug-likeness (QED) is 0.813. The Kier molecular flexibility index (Phi) is 3.20. The maximum atomic E-state index is 4.45. The molecule has 1 unspecified atom stereocenters. The van der Waals surface area contributed by atoms with Crippen LogP contribution in [0.2, 0.25) is 0 Å². The molecule has 3 heterocycles. The molecule has 0 radical (unpaired) electrons. The Morgan fingerprint density at radius 3 is 3.17 bits per heavy atom. The van der Waals surface area contributed by atoms with E-state index in [-0.39, 0.29) is 0 Å². The molecule has 1 fully saturated rings. The highest BCUT2D eigenvalue weighted by Crippen LogP contribution is 2.28. The van der Waals surface area contributed by atoms with Crippen molar-refractivity contribution in [2.45, 2.75) is 12.8 Å². The Morgan fingerprint density at radius 2 is 2.33 bits per heavy atom. The highest BCUT2D eigenvalue weighted by Gasteiger charge is 2.24. The SMILES string of the molecule is Cn1ncc2c(N3CCC(CCBr)C3)ncnc21. The monoisotopic (exact) mass is 309 g/mol. The lowest BCUT2D eigenvalue weighted by molar-refractivity contribution is 0.575. The zero-order valence-corrected chi connectivity index (χ0v) is 12.0. The van der Waals surface area contributed by atoms with E-state index in [1.54, 1.807) is 11.0 Å². The fourth-order valence-electron chi connectivity index (χ4n) is 2.62. The van der Waals surface area contributed by atoms with Crippen LogP contribution in [-0.2, 0) is 7.05 Å². The van der Waals surface area contributed by atoms with E-state index in [1.165, 1.54) is 12.8 Å². The van der Waals surface area contributed by atoms with Crippen molar-refractivity contribution >= 4 is 32.8 Å². The summed E-state index contributed by atoms with van der Waals surface area (Å²) in [5, 5.41) is 6.40. The molecule has 1 saturated heterocycles. The normalized spacial score (nSPS) is 19.9. The largest absolute Gasteiger partial charge is 0.356 e. The van der Waals surface area contributed by atoms with Gasteiger partial charge in [0, 0.05) is 25.5 Å². The number of hydrogen-bond acceptors (Lipinski definition) is 4. The number of rotatable bonds is 3. The van der Waals surface area contributed by atoms with Gasteiger partial charge in [-0.2, -0.15) is 5.10 Å². The summed E-state index contributed by atoms with van der Waals surface area (Å²) >= 11 is 3.52. The smallest absolute Gasteiger partial charge is 0.163 e. The van der Waals surface area contributed by atoms with E-state index in [0.29, 0.717) is 0 Å². The van der Waals surface area contributed by atoms with Crippen molar-refractivity contribution in [2.75, 3.05) is 23.3 Å². The lowest BCUT2D eigenvalue weighted by Gasteiger charge is -2.17. The summed E-state index contributed by atoms with van der Waals surface area (Å²) in [4.78, 5) is 11.1. The van der Waals surface area contributed by atoms with Gasteiger partial charge in [-0.1, -0.05) is 15.9 Å². The van der Waals surface area contributed by atoms with Gasteiger partial charge in [0.15, 0.2) is 5.65 Å². The molecule has 2 aromatic heterocycles. The van der Waals surface area contributed by atoms with Crippen LogP contribution in [0.15, 0.2) is 12.5 Å². The lowest BCUT2D eigenvalue weighted by atomic mass is 10.1. The second kappa shape index (κ2) is 4.84. The molecule has 0 spiro atoms. The molecule has 0 N–H and O–H groups in total. The summed E-state index contributed by atoms with van der Waals surface area (Å²) in [5.41, 5.74) is 0.906. The van der Waals surface area contributed by atoms with Gasteiger partial charge in [-0.05, 0) is 18.8 Å². The van der Waals surface area contributed by atoms with Crippen molar-refractivity contribution in [3.8, 4) is 0 Å². The van der Waals surface area contributed by atoms with Gasteiger partial charge in [-0.3, -0.25) is 4.68 Å². The van der Waals surface area contributed by atoms with Gasteiger partial charge in [0.1, 0.15) is 12.1 Å². The van der Waals surface area contributed by atoms with Crippen molar-refractivity contribution in [1.29, 1.82) is 0 Å². The Bertz CT molecular complexity index is 552. The number of nitrogens with zero attached hydrogens (tertiary/aromatic N) is 5. The fourth-order valence-corrected chi connectivity index (χ4v) is 3.26. The number of anilines is 1. The van der Waals surface area contributed by atoms with Crippen molar-refractivity contribution in [3.63, 3.8) is 0 Å². The molecular formula is C12H16BrN5. The minimum absolute atomic E-state index is 0.770.